The van der Waals surface area contributed by atoms with Crippen LogP contribution in [0.5, 0.6) is 0 Å². The molecule has 0 unspecified atom stereocenters. The third-order valence-corrected chi connectivity index (χ3v) is 0.500. The van der Waals surface area contributed by atoms with E-state index >= 15 is 0 Å². The number of hydrogen-bond donors (Lipinski definition) is 0. The van der Waals surface area contributed by atoms with Crippen molar-refractivity contribution in [1.29, 1.82) is 0 Å². The van der Waals surface area contributed by atoms with Crippen LogP contribution in [0.2, 0.25) is 0 Å². The van der Waals surface area contributed by atoms with Crippen LogP contribution in [0.1, 0.15) is 0 Å². The maximum absolute atomic E-state index is 10.1. The highest BCUT2D eigenvalue weighted by Gasteiger charge is 1.93. The fourth-order valence-corrected chi connectivity index (χ4v) is 0.161. The van der Waals surface area contributed by atoms with Gasteiger partial charge in [0.05, 0.1) is 7.11 Å². The number of esters is 1. The minimum Gasteiger partial charge on any atom is -0.468 e. The van der Waals surface area contributed by atoms with Crippen molar-refractivity contribution in [2.24, 2.45) is 4.99 Å². The van der Waals surface area contributed by atoms with Crippen molar-refractivity contribution < 1.29 is 19.8 Å². The maximum Gasteiger partial charge on any atom is 0.328 e. The molecule has 0 heterocycles. The average Bonchev–Trinajstić information content (AvgIpc) is 1.83. The van der Waals surface area contributed by atoms with E-state index in [1.165, 1.54) is 13.2 Å². The van der Waals surface area contributed by atoms with E-state index in [1.807, 2.05) is 0 Å². The third-order valence-electron chi connectivity index (χ3n) is 0.500. The lowest BCUT2D eigenvalue weighted by molar-refractivity contribution is -0.138. The van der Waals surface area contributed by atoms with Gasteiger partial charge in [-0.3, -0.25) is 4.79 Å². The Hall–Kier alpha value is -1.19. The summed E-state index contributed by atoms with van der Waals surface area (Å²) in [6, 6.07) is 0. The van der Waals surface area contributed by atoms with Crippen molar-refractivity contribution in [2.75, 3.05) is 13.7 Å². The lowest BCUT2D eigenvalue weighted by Crippen LogP contribution is -2.03. The molecule has 0 aliphatic carbocycles. The first-order valence-electron chi connectivity index (χ1n) is 1.91. The molecule has 0 aliphatic heterocycles. The van der Waals surface area contributed by atoms with Gasteiger partial charge in [0.1, 0.15) is 6.54 Å². The Bertz CT molecular complexity index is 127. The Kier molecular flexibility index (Phi) is 8.12. The molecule has 0 atom stereocenters. The number of carbonyl (C=O) groups excluding carboxylic acids is 2. The zero-order valence-corrected chi connectivity index (χ0v) is 4.88. The minimum absolute atomic E-state index is 0. The number of carbonyl (C=O) groups is 1. The highest BCUT2D eigenvalue weighted by Crippen LogP contribution is 1.71. The molecule has 0 aromatic carbocycles. The lowest BCUT2D eigenvalue weighted by Gasteiger charge is -1.87. The highest BCUT2D eigenvalue weighted by atomic mass is 16.5. The Morgan fingerprint density at radius 2 is 2.33 bits per heavy atom. The van der Waals surface area contributed by atoms with Gasteiger partial charge in [-0.2, -0.15) is 4.99 Å². The second-order valence-electron chi connectivity index (χ2n) is 0.984. The minimum atomic E-state index is -0.534. The molecule has 0 rings (SSSR count). The number of isocyanates is 1. The maximum atomic E-state index is 10.1. The predicted octanol–water partition coefficient (Wildman–Crippen LogP) is -1.33. The Balaban J connectivity index is 0. The number of rotatable bonds is 2. The molecule has 0 saturated heterocycles. The molecule has 0 spiro atoms. The first-order chi connectivity index (χ1) is 3.81. The van der Waals surface area contributed by atoms with Gasteiger partial charge >= 0.3 is 5.97 Å². The molecule has 0 amide bonds. The van der Waals surface area contributed by atoms with Crippen LogP contribution in [-0.2, 0) is 14.3 Å². The van der Waals surface area contributed by atoms with Gasteiger partial charge in [0.25, 0.3) is 0 Å². The molecular weight excluding hydrogens is 126 g/mol. The number of nitrogens with zero attached hydrogens (tertiary/aromatic N) is 1. The molecule has 0 aromatic rings. The molecule has 9 heavy (non-hydrogen) atoms. The normalized spacial score (nSPS) is 6.33. The van der Waals surface area contributed by atoms with Crippen LogP contribution < -0.4 is 0 Å². The fraction of sp³-hybridized carbons (Fsp3) is 0.500. The Morgan fingerprint density at radius 1 is 1.78 bits per heavy atom. The summed E-state index contributed by atoms with van der Waals surface area (Å²) in [5, 5.41) is 0. The van der Waals surface area contributed by atoms with E-state index in [-0.39, 0.29) is 12.0 Å². The lowest BCUT2D eigenvalue weighted by atomic mass is 10.7. The number of hydrogen-bond acceptors (Lipinski definition) is 4. The summed E-state index contributed by atoms with van der Waals surface area (Å²) in [5.41, 5.74) is 0. The average molecular weight is 133 g/mol. The first-order valence-corrected chi connectivity index (χ1v) is 1.91. The smallest absolute Gasteiger partial charge is 0.328 e. The molecule has 52 valence electrons. The topological polar surface area (TPSA) is 87.2 Å². The number of ether oxygens (including phenoxy) is 1. The molecule has 0 aliphatic rings. The molecule has 0 saturated carbocycles. The third kappa shape index (κ3) is 6.81. The molecule has 0 bridgehead atoms. The van der Waals surface area contributed by atoms with Gasteiger partial charge in [-0.25, -0.2) is 4.79 Å². The van der Waals surface area contributed by atoms with Crippen molar-refractivity contribution in [3.8, 4) is 0 Å². The summed E-state index contributed by atoms with van der Waals surface area (Å²) in [4.78, 5) is 22.4. The largest absolute Gasteiger partial charge is 0.468 e. The monoisotopic (exact) mass is 133 g/mol. The van der Waals surface area contributed by atoms with E-state index < -0.39 is 5.97 Å². The van der Waals surface area contributed by atoms with Crippen molar-refractivity contribution in [3.05, 3.63) is 0 Å². The first kappa shape index (κ1) is 10.7. The molecule has 5 nitrogen and oxygen atoms in total. The van der Waals surface area contributed by atoms with Gasteiger partial charge in [0.2, 0.25) is 6.08 Å². The van der Waals surface area contributed by atoms with Crippen molar-refractivity contribution in [1.82, 2.24) is 0 Å². The van der Waals surface area contributed by atoms with E-state index in [2.05, 4.69) is 9.73 Å². The van der Waals surface area contributed by atoms with Crippen LogP contribution in [0.25, 0.3) is 0 Å². The van der Waals surface area contributed by atoms with Crippen molar-refractivity contribution >= 4 is 12.0 Å². The Labute approximate surface area is 51.6 Å². The van der Waals surface area contributed by atoms with Crippen molar-refractivity contribution in [3.63, 3.8) is 0 Å². The molecule has 0 radical (unpaired) electrons. The quantitative estimate of drug-likeness (QED) is 0.265. The second kappa shape index (κ2) is 6.81. The zero-order chi connectivity index (χ0) is 6.41. The number of methoxy groups -OCH3 is 1. The van der Waals surface area contributed by atoms with Gasteiger partial charge in [0.15, 0.2) is 0 Å². The second-order valence-corrected chi connectivity index (χ2v) is 0.984. The van der Waals surface area contributed by atoms with Crippen LogP contribution >= 0.6 is 0 Å². The highest BCUT2D eigenvalue weighted by molar-refractivity contribution is 5.72. The fourth-order valence-electron chi connectivity index (χ4n) is 0.161. The molecule has 5 heteroatoms. The van der Waals surface area contributed by atoms with Crippen LogP contribution in [0.4, 0.5) is 0 Å². The zero-order valence-electron chi connectivity index (χ0n) is 4.88. The van der Waals surface area contributed by atoms with Crippen LogP contribution in [0.15, 0.2) is 4.99 Å². The number of aliphatic imine (C=N–C) groups is 1. The SMILES string of the molecule is COC(=O)CN=C=O.O. The van der Waals surface area contributed by atoms with Gasteiger partial charge in [0, 0.05) is 0 Å². The van der Waals surface area contributed by atoms with E-state index in [4.69, 9.17) is 0 Å². The van der Waals surface area contributed by atoms with Gasteiger partial charge in [-0.15, -0.1) is 0 Å². The summed E-state index contributed by atoms with van der Waals surface area (Å²) < 4.78 is 4.14. The van der Waals surface area contributed by atoms with Gasteiger partial charge in [-0.05, 0) is 0 Å². The summed E-state index contributed by atoms with van der Waals surface area (Å²) >= 11 is 0. The van der Waals surface area contributed by atoms with Crippen LogP contribution in [0, 0.1) is 0 Å². The van der Waals surface area contributed by atoms with E-state index in [9.17, 15) is 9.59 Å². The summed E-state index contributed by atoms with van der Waals surface area (Å²) in [7, 11) is 1.22. The summed E-state index contributed by atoms with van der Waals surface area (Å²) in [5.74, 6) is -0.534. The Morgan fingerprint density at radius 3 is 2.67 bits per heavy atom. The molecule has 0 fully saturated rings. The van der Waals surface area contributed by atoms with E-state index in [0.29, 0.717) is 0 Å². The van der Waals surface area contributed by atoms with Gasteiger partial charge < -0.3 is 10.2 Å². The standard InChI is InChI=1S/C4H5NO3.H2O/c1-8-4(7)2-5-3-6;/h2H2,1H3;1H2. The molecular formula is C4H7NO4. The van der Waals surface area contributed by atoms with Crippen molar-refractivity contribution in [2.45, 2.75) is 0 Å². The summed E-state index contributed by atoms with van der Waals surface area (Å²) in [6.07, 6.45) is 1.21. The van der Waals surface area contributed by atoms with E-state index in [1.54, 1.807) is 0 Å². The molecule has 0 aromatic heterocycles. The summed E-state index contributed by atoms with van der Waals surface area (Å²) in [6.45, 7) is -0.236. The van der Waals surface area contributed by atoms with Crippen LogP contribution in [0.3, 0.4) is 0 Å². The van der Waals surface area contributed by atoms with Gasteiger partial charge in [-0.1, -0.05) is 0 Å². The van der Waals surface area contributed by atoms with E-state index in [0.717, 1.165) is 0 Å². The van der Waals surface area contributed by atoms with Crippen LogP contribution in [-0.4, -0.2) is 31.2 Å². The predicted molar refractivity (Wildman–Crippen MR) is 28.6 cm³/mol. The molecule has 2 N–H and O–H groups in total.